The second-order valence-corrected chi connectivity index (χ2v) is 4.12. The van der Waals surface area contributed by atoms with Crippen molar-refractivity contribution in [2.75, 3.05) is 19.8 Å². The molecule has 0 aliphatic carbocycles. The molecule has 3 N–H and O–H groups in total. The van der Waals surface area contributed by atoms with E-state index in [1.807, 2.05) is 12.1 Å². The maximum absolute atomic E-state index is 11.7. The summed E-state index contributed by atoms with van der Waals surface area (Å²) in [5.41, 5.74) is 7.17. The van der Waals surface area contributed by atoms with Crippen LogP contribution >= 0.6 is 12.4 Å². The van der Waals surface area contributed by atoms with Gasteiger partial charge in [0.25, 0.3) is 5.91 Å². The molecule has 19 heavy (non-hydrogen) atoms. The zero-order chi connectivity index (χ0) is 13.2. The third-order valence-corrected chi connectivity index (χ3v) is 2.63. The van der Waals surface area contributed by atoms with E-state index < -0.39 is 0 Å². The molecule has 0 radical (unpaired) electrons. The number of amides is 1. The Labute approximate surface area is 121 Å². The number of carbonyl (C=O) groups excluding carboxylic acids is 1. The molecule has 0 atom stereocenters. The quantitative estimate of drug-likeness (QED) is 0.720. The number of unbranched alkanes of at least 4 members (excludes halogenated alkanes) is 1. The van der Waals surface area contributed by atoms with Crippen molar-refractivity contribution in [3.05, 3.63) is 35.4 Å². The van der Waals surface area contributed by atoms with Crippen LogP contribution in [0.4, 0.5) is 0 Å². The highest BCUT2D eigenvalue weighted by atomic mass is 35.5. The van der Waals surface area contributed by atoms with Crippen molar-refractivity contribution < 1.29 is 9.53 Å². The third-order valence-electron chi connectivity index (χ3n) is 2.63. The van der Waals surface area contributed by atoms with Crippen LogP contribution in [0.5, 0.6) is 0 Å². The largest absolute Gasteiger partial charge is 0.380 e. The highest BCUT2D eigenvalue weighted by Gasteiger charge is 2.03. The summed E-state index contributed by atoms with van der Waals surface area (Å²) in [6.45, 7) is 4.48. The molecule has 0 unspecified atom stereocenters. The Bertz CT molecular complexity index is 355. The fraction of sp³-hybridized carbons (Fsp3) is 0.500. The summed E-state index contributed by atoms with van der Waals surface area (Å²) < 4.78 is 5.37. The van der Waals surface area contributed by atoms with Crippen LogP contribution in [0.1, 0.15) is 35.7 Å². The predicted molar refractivity (Wildman–Crippen MR) is 79.6 cm³/mol. The van der Waals surface area contributed by atoms with Crippen LogP contribution in [0, 0.1) is 0 Å². The Morgan fingerprint density at radius 2 is 1.95 bits per heavy atom. The van der Waals surface area contributed by atoms with Gasteiger partial charge < -0.3 is 15.8 Å². The Balaban J connectivity index is 0.00000324. The highest BCUT2D eigenvalue weighted by molar-refractivity contribution is 5.94. The first kappa shape index (κ1) is 17.9. The van der Waals surface area contributed by atoms with Crippen molar-refractivity contribution >= 4 is 18.3 Å². The van der Waals surface area contributed by atoms with Gasteiger partial charge in [0, 0.05) is 25.3 Å². The second-order valence-electron chi connectivity index (χ2n) is 4.12. The molecule has 108 valence electrons. The van der Waals surface area contributed by atoms with E-state index in [-0.39, 0.29) is 18.3 Å². The number of ether oxygens (including phenoxy) is 1. The summed E-state index contributed by atoms with van der Waals surface area (Å²) in [5, 5.41) is 2.82. The van der Waals surface area contributed by atoms with Crippen LogP contribution in [0.2, 0.25) is 0 Å². The zero-order valence-electron chi connectivity index (χ0n) is 11.4. The zero-order valence-corrected chi connectivity index (χ0v) is 12.2. The fourth-order valence-corrected chi connectivity index (χ4v) is 1.48. The topological polar surface area (TPSA) is 64.3 Å². The molecule has 1 amide bonds. The molecule has 1 rings (SSSR count). The van der Waals surface area contributed by atoms with Crippen molar-refractivity contribution in [3.8, 4) is 0 Å². The van der Waals surface area contributed by atoms with Gasteiger partial charge in [0.2, 0.25) is 0 Å². The molecule has 0 heterocycles. The molecule has 0 saturated heterocycles. The Kier molecular flexibility index (Phi) is 10.2. The van der Waals surface area contributed by atoms with Crippen LogP contribution in [0.15, 0.2) is 24.3 Å². The SMILES string of the molecule is CCCCOCCNC(=O)c1ccc(CN)cc1.Cl. The van der Waals surface area contributed by atoms with Crippen LogP contribution in [-0.4, -0.2) is 25.7 Å². The average Bonchev–Trinajstić information content (AvgIpc) is 2.42. The summed E-state index contributed by atoms with van der Waals surface area (Å²) in [7, 11) is 0. The number of nitrogens with two attached hydrogens (primary N) is 1. The molecule has 0 bridgehead atoms. The molecule has 0 saturated carbocycles. The van der Waals surface area contributed by atoms with Gasteiger partial charge in [-0.05, 0) is 24.1 Å². The molecule has 0 aliphatic heterocycles. The number of hydrogen-bond acceptors (Lipinski definition) is 3. The summed E-state index contributed by atoms with van der Waals surface area (Å²) in [6.07, 6.45) is 2.19. The van der Waals surface area contributed by atoms with Crippen molar-refractivity contribution in [2.24, 2.45) is 5.73 Å². The minimum Gasteiger partial charge on any atom is -0.380 e. The highest BCUT2D eigenvalue weighted by Crippen LogP contribution is 2.03. The third kappa shape index (κ3) is 7.15. The number of halogens is 1. The van der Waals surface area contributed by atoms with E-state index in [9.17, 15) is 4.79 Å². The van der Waals surface area contributed by atoms with Gasteiger partial charge in [-0.1, -0.05) is 25.5 Å². The lowest BCUT2D eigenvalue weighted by Gasteiger charge is -2.06. The average molecular weight is 287 g/mol. The maximum Gasteiger partial charge on any atom is 0.251 e. The number of carbonyl (C=O) groups is 1. The van der Waals surface area contributed by atoms with Gasteiger partial charge in [0.05, 0.1) is 6.61 Å². The van der Waals surface area contributed by atoms with E-state index in [1.54, 1.807) is 12.1 Å². The minimum absolute atomic E-state index is 0. The van der Waals surface area contributed by atoms with Gasteiger partial charge in [0.1, 0.15) is 0 Å². The van der Waals surface area contributed by atoms with E-state index in [2.05, 4.69) is 12.2 Å². The molecule has 5 heteroatoms. The van der Waals surface area contributed by atoms with Crippen molar-refractivity contribution in [3.63, 3.8) is 0 Å². The lowest BCUT2D eigenvalue weighted by molar-refractivity contribution is 0.0913. The first-order valence-corrected chi connectivity index (χ1v) is 6.43. The molecule has 0 fully saturated rings. The van der Waals surface area contributed by atoms with Gasteiger partial charge in [-0.3, -0.25) is 4.79 Å². The van der Waals surface area contributed by atoms with E-state index >= 15 is 0 Å². The van der Waals surface area contributed by atoms with Gasteiger partial charge >= 0.3 is 0 Å². The van der Waals surface area contributed by atoms with Crippen LogP contribution < -0.4 is 11.1 Å². The molecule has 1 aromatic carbocycles. The lowest BCUT2D eigenvalue weighted by atomic mass is 10.1. The second kappa shape index (κ2) is 10.8. The van der Waals surface area contributed by atoms with Gasteiger partial charge in [-0.2, -0.15) is 0 Å². The van der Waals surface area contributed by atoms with Crippen LogP contribution in [0.25, 0.3) is 0 Å². The van der Waals surface area contributed by atoms with Gasteiger partial charge in [-0.25, -0.2) is 0 Å². The monoisotopic (exact) mass is 286 g/mol. The van der Waals surface area contributed by atoms with Crippen LogP contribution in [0.3, 0.4) is 0 Å². The van der Waals surface area contributed by atoms with Crippen molar-refractivity contribution in [1.29, 1.82) is 0 Å². The Hall–Kier alpha value is -1.10. The van der Waals surface area contributed by atoms with Crippen LogP contribution in [-0.2, 0) is 11.3 Å². The predicted octanol–water partition coefficient (Wildman–Crippen LogP) is 2.11. The summed E-state index contributed by atoms with van der Waals surface area (Å²) in [4.78, 5) is 11.7. The van der Waals surface area contributed by atoms with E-state index in [4.69, 9.17) is 10.5 Å². The van der Waals surface area contributed by atoms with Crippen molar-refractivity contribution in [2.45, 2.75) is 26.3 Å². The normalized spacial score (nSPS) is 9.79. The Morgan fingerprint density at radius 1 is 1.26 bits per heavy atom. The van der Waals surface area contributed by atoms with E-state index in [1.165, 1.54) is 0 Å². The standard InChI is InChI=1S/C14H22N2O2.ClH/c1-2-3-9-18-10-8-16-14(17)13-6-4-12(11-15)5-7-13;/h4-7H,2-3,8-11,15H2,1H3,(H,16,17);1H. The number of nitrogens with one attached hydrogen (secondary N) is 1. The molecule has 1 aromatic rings. The van der Waals surface area contributed by atoms with E-state index in [0.29, 0.717) is 25.3 Å². The molecule has 0 spiro atoms. The summed E-state index contributed by atoms with van der Waals surface area (Å²) in [6, 6.07) is 7.31. The molecular formula is C14H23ClN2O2. The molecular weight excluding hydrogens is 264 g/mol. The van der Waals surface area contributed by atoms with E-state index in [0.717, 1.165) is 25.0 Å². The smallest absolute Gasteiger partial charge is 0.251 e. The molecule has 4 nitrogen and oxygen atoms in total. The first-order chi connectivity index (χ1) is 8.77. The fourth-order valence-electron chi connectivity index (χ4n) is 1.48. The Morgan fingerprint density at radius 3 is 2.53 bits per heavy atom. The minimum atomic E-state index is -0.0716. The number of benzene rings is 1. The summed E-state index contributed by atoms with van der Waals surface area (Å²) in [5.74, 6) is -0.0716. The number of hydrogen-bond donors (Lipinski definition) is 2. The molecule has 0 aliphatic rings. The summed E-state index contributed by atoms with van der Waals surface area (Å²) >= 11 is 0. The van der Waals surface area contributed by atoms with Gasteiger partial charge in [0.15, 0.2) is 0 Å². The number of rotatable bonds is 8. The van der Waals surface area contributed by atoms with Gasteiger partial charge in [-0.15, -0.1) is 12.4 Å². The molecule has 0 aromatic heterocycles. The lowest BCUT2D eigenvalue weighted by Crippen LogP contribution is -2.27. The first-order valence-electron chi connectivity index (χ1n) is 6.43. The van der Waals surface area contributed by atoms with Crippen molar-refractivity contribution in [1.82, 2.24) is 5.32 Å². The maximum atomic E-state index is 11.7.